The Morgan fingerprint density at radius 1 is 1.00 bits per heavy atom. The number of piperidine rings is 1. The van der Waals surface area contributed by atoms with Crippen LogP contribution in [0.2, 0.25) is 0 Å². The lowest BCUT2D eigenvalue weighted by atomic mass is 9.95. The zero-order valence-corrected chi connectivity index (χ0v) is 20.3. The van der Waals surface area contributed by atoms with Crippen LogP contribution in [0.25, 0.3) is 28.0 Å². The maximum absolute atomic E-state index is 14.2. The Labute approximate surface area is 211 Å². The summed E-state index contributed by atoms with van der Waals surface area (Å²) in [6.07, 6.45) is 6.96. The van der Waals surface area contributed by atoms with Gasteiger partial charge in [0, 0.05) is 47.9 Å². The summed E-state index contributed by atoms with van der Waals surface area (Å²) in [6, 6.07) is 10.8. The van der Waals surface area contributed by atoms with Crippen molar-refractivity contribution in [2.45, 2.75) is 39.2 Å². The molecule has 0 bridgehead atoms. The van der Waals surface area contributed by atoms with Crippen LogP contribution < -0.4 is 4.90 Å². The molecule has 6 rings (SSSR count). The normalized spacial score (nSPS) is 16.1. The van der Waals surface area contributed by atoms with Crippen LogP contribution in [0.5, 0.6) is 0 Å². The molecule has 0 saturated carbocycles. The number of hydrogen-bond acceptors (Lipinski definition) is 5. The fraction of sp³-hybridized carbons (Fsp3) is 0.214. The molecule has 0 radical (unpaired) electrons. The first-order valence-electron chi connectivity index (χ1n) is 12.0. The number of aryl methyl sites for hydroxylation is 2. The number of anilines is 1. The number of carbonyl (C=O) groups excluding carboxylic acids is 1. The van der Waals surface area contributed by atoms with Gasteiger partial charge in [0.1, 0.15) is 11.4 Å². The molecule has 1 fully saturated rings. The van der Waals surface area contributed by atoms with Crippen molar-refractivity contribution in [3.8, 4) is 22.4 Å². The van der Waals surface area contributed by atoms with E-state index in [9.17, 15) is 13.6 Å². The van der Waals surface area contributed by atoms with Gasteiger partial charge in [-0.25, -0.2) is 13.8 Å². The zero-order valence-electron chi connectivity index (χ0n) is 20.3. The molecule has 4 aromatic heterocycles. The van der Waals surface area contributed by atoms with Gasteiger partial charge in [0.25, 0.3) is 0 Å². The van der Waals surface area contributed by atoms with Gasteiger partial charge in [-0.1, -0.05) is 5.16 Å². The van der Waals surface area contributed by atoms with Gasteiger partial charge in [0.15, 0.2) is 11.6 Å². The molecule has 0 aliphatic carbocycles. The SMILES string of the molecule is Cc1noc(C)c1-c1ccn2c(-c3ccncc3)c([C@@H]3CCCC(=O)N3c3ccc(F)c(F)c3)nc2c1. The highest BCUT2D eigenvalue weighted by molar-refractivity contribution is 5.95. The Morgan fingerprint density at radius 2 is 1.81 bits per heavy atom. The molecule has 1 atom stereocenters. The average molecular weight is 500 g/mol. The summed E-state index contributed by atoms with van der Waals surface area (Å²) >= 11 is 0. The largest absolute Gasteiger partial charge is 0.361 e. The summed E-state index contributed by atoms with van der Waals surface area (Å²) < 4.78 is 35.2. The number of nitrogens with zero attached hydrogens (tertiary/aromatic N) is 5. The third-order valence-corrected chi connectivity index (χ3v) is 6.87. The quantitative estimate of drug-likeness (QED) is 0.294. The number of pyridine rings is 2. The third kappa shape index (κ3) is 3.87. The molecule has 7 nitrogen and oxygen atoms in total. The van der Waals surface area contributed by atoms with Crippen LogP contribution in [0.4, 0.5) is 14.5 Å². The highest BCUT2D eigenvalue weighted by Gasteiger charge is 2.35. The van der Waals surface area contributed by atoms with E-state index >= 15 is 0 Å². The van der Waals surface area contributed by atoms with E-state index in [2.05, 4.69) is 10.1 Å². The monoisotopic (exact) mass is 499 g/mol. The number of carbonyl (C=O) groups is 1. The van der Waals surface area contributed by atoms with Crippen LogP contribution in [0, 0.1) is 25.5 Å². The van der Waals surface area contributed by atoms with E-state index in [1.165, 1.54) is 6.07 Å². The van der Waals surface area contributed by atoms with Crippen LogP contribution in [0.1, 0.15) is 42.5 Å². The van der Waals surface area contributed by atoms with E-state index in [0.29, 0.717) is 42.1 Å². The maximum atomic E-state index is 14.2. The first-order valence-corrected chi connectivity index (χ1v) is 12.0. The van der Waals surface area contributed by atoms with Crippen molar-refractivity contribution >= 4 is 17.2 Å². The van der Waals surface area contributed by atoms with E-state index in [1.807, 2.05) is 48.7 Å². The van der Waals surface area contributed by atoms with Gasteiger partial charge in [0.05, 0.1) is 23.1 Å². The van der Waals surface area contributed by atoms with Crippen LogP contribution in [0.3, 0.4) is 0 Å². The van der Waals surface area contributed by atoms with E-state index in [4.69, 9.17) is 9.51 Å². The molecule has 1 amide bonds. The topological polar surface area (TPSA) is 76.5 Å². The van der Waals surface area contributed by atoms with Gasteiger partial charge in [-0.05, 0) is 68.7 Å². The average Bonchev–Trinajstić information content (AvgIpc) is 3.44. The van der Waals surface area contributed by atoms with Crippen molar-refractivity contribution in [3.05, 3.63) is 89.8 Å². The first-order chi connectivity index (χ1) is 17.9. The Kier molecular flexibility index (Phi) is 5.55. The lowest BCUT2D eigenvalue weighted by Crippen LogP contribution is -2.38. The van der Waals surface area contributed by atoms with Gasteiger partial charge in [0.2, 0.25) is 5.91 Å². The molecule has 1 aliphatic rings. The molecule has 37 heavy (non-hydrogen) atoms. The summed E-state index contributed by atoms with van der Waals surface area (Å²) in [4.78, 5) is 23.9. The highest BCUT2D eigenvalue weighted by Crippen LogP contribution is 2.41. The molecule has 1 aromatic carbocycles. The summed E-state index contributed by atoms with van der Waals surface area (Å²) in [5, 5.41) is 4.07. The van der Waals surface area contributed by atoms with Crippen LogP contribution >= 0.6 is 0 Å². The second-order valence-electron chi connectivity index (χ2n) is 9.19. The Bertz CT molecular complexity index is 1620. The molecule has 0 unspecified atom stereocenters. The Morgan fingerprint density at radius 3 is 2.54 bits per heavy atom. The van der Waals surface area contributed by atoms with Crippen molar-refractivity contribution < 1.29 is 18.1 Å². The third-order valence-electron chi connectivity index (χ3n) is 6.87. The lowest BCUT2D eigenvalue weighted by Gasteiger charge is -2.35. The molecule has 9 heteroatoms. The van der Waals surface area contributed by atoms with Crippen molar-refractivity contribution in [2.75, 3.05) is 4.90 Å². The van der Waals surface area contributed by atoms with Crippen LogP contribution in [-0.4, -0.2) is 25.4 Å². The number of fused-ring (bicyclic) bond motifs is 1. The molecule has 1 saturated heterocycles. The van der Waals surface area contributed by atoms with Gasteiger partial charge in [-0.2, -0.15) is 0 Å². The minimum Gasteiger partial charge on any atom is -0.361 e. The van der Waals surface area contributed by atoms with Crippen LogP contribution in [-0.2, 0) is 4.79 Å². The predicted molar refractivity (Wildman–Crippen MR) is 134 cm³/mol. The summed E-state index contributed by atoms with van der Waals surface area (Å²) in [5.41, 5.74) is 5.98. The molecule has 1 aliphatic heterocycles. The highest BCUT2D eigenvalue weighted by atomic mass is 19.2. The molecule has 5 heterocycles. The van der Waals surface area contributed by atoms with E-state index in [1.54, 1.807) is 17.3 Å². The molecule has 186 valence electrons. The number of halogens is 2. The maximum Gasteiger partial charge on any atom is 0.227 e. The van der Waals surface area contributed by atoms with E-state index < -0.39 is 17.7 Å². The van der Waals surface area contributed by atoms with Crippen molar-refractivity contribution in [2.24, 2.45) is 0 Å². The number of amides is 1. The molecular weight excluding hydrogens is 476 g/mol. The fourth-order valence-electron chi connectivity index (χ4n) is 5.23. The van der Waals surface area contributed by atoms with Gasteiger partial charge < -0.3 is 9.42 Å². The molecule has 5 aromatic rings. The smallest absolute Gasteiger partial charge is 0.227 e. The minimum absolute atomic E-state index is 0.156. The lowest BCUT2D eigenvalue weighted by molar-refractivity contribution is -0.120. The summed E-state index contributed by atoms with van der Waals surface area (Å²) in [7, 11) is 0. The predicted octanol–water partition coefficient (Wildman–Crippen LogP) is 6.20. The van der Waals surface area contributed by atoms with Crippen molar-refractivity contribution in [3.63, 3.8) is 0 Å². The number of rotatable bonds is 4. The second kappa shape index (κ2) is 8.92. The van der Waals surface area contributed by atoms with Crippen molar-refractivity contribution in [1.29, 1.82) is 0 Å². The number of imidazole rings is 1. The van der Waals surface area contributed by atoms with E-state index in [0.717, 1.165) is 40.2 Å². The van der Waals surface area contributed by atoms with Gasteiger partial charge in [-0.15, -0.1) is 0 Å². The second-order valence-corrected chi connectivity index (χ2v) is 9.19. The van der Waals surface area contributed by atoms with Crippen LogP contribution in [0.15, 0.2) is 65.6 Å². The van der Waals surface area contributed by atoms with Gasteiger partial charge in [-0.3, -0.25) is 14.2 Å². The zero-order chi connectivity index (χ0) is 25.7. The molecule has 0 N–H and O–H groups in total. The molecular formula is C28H23F2N5O2. The number of hydrogen-bond donors (Lipinski definition) is 0. The first kappa shape index (κ1) is 23.0. The Balaban J connectivity index is 1.56. The summed E-state index contributed by atoms with van der Waals surface area (Å²) in [5.74, 6) is -1.40. The van der Waals surface area contributed by atoms with Gasteiger partial charge >= 0.3 is 0 Å². The van der Waals surface area contributed by atoms with Crippen molar-refractivity contribution in [1.82, 2.24) is 19.5 Å². The number of benzene rings is 1. The summed E-state index contributed by atoms with van der Waals surface area (Å²) in [6.45, 7) is 3.76. The Hall–Kier alpha value is -4.40. The number of aromatic nitrogens is 4. The van der Waals surface area contributed by atoms with E-state index in [-0.39, 0.29) is 5.91 Å². The molecule has 0 spiro atoms. The standard InChI is InChI=1S/C28H23F2N5O2/c1-16-26(17(2)37-33-16)19-10-13-34-24(14-19)32-27(28(34)18-8-11-31-12-9-18)23-4-3-5-25(36)35(23)20-6-7-21(29)22(30)15-20/h6-15,23H,3-5H2,1-2H3/t23-/m0/s1. The fourth-order valence-corrected chi connectivity index (χ4v) is 5.23. The minimum atomic E-state index is -0.997.